The van der Waals surface area contributed by atoms with E-state index in [-0.39, 0.29) is 10.9 Å². The summed E-state index contributed by atoms with van der Waals surface area (Å²) in [5.41, 5.74) is 2.04. The Morgan fingerprint density at radius 1 is 1.04 bits per heavy atom. The number of rotatable bonds is 6. The van der Waals surface area contributed by atoms with E-state index in [1.807, 2.05) is 31.2 Å². The van der Waals surface area contributed by atoms with E-state index in [9.17, 15) is 8.42 Å². The minimum atomic E-state index is -3.60. The Morgan fingerprint density at radius 2 is 1.65 bits per heavy atom. The zero-order valence-corrected chi connectivity index (χ0v) is 15.8. The highest BCUT2D eigenvalue weighted by molar-refractivity contribution is 7.89. The second-order valence-electron chi connectivity index (χ2n) is 6.21. The zero-order chi connectivity index (χ0) is 18.6. The topological polar surface area (TPSA) is 67.9 Å². The van der Waals surface area contributed by atoms with Gasteiger partial charge in [0.2, 0.25) is 10.0 Å². The van der Waals surface area contributed by atoms with Crippen molar-refractivity contribution in [1.29, 1.82) is 0 Å². The summed E-state index contributed by atoms with van der Waals surface area (Å²) in [4.78, 5) is 2.48. The molecule has 1 aliphatic heterocycles. The van der Waals surface area contributed by atoms with E-state index in [2.05, 4.69) is 9.62 Å². The van der Waals surface area contributed by atoms with Crippen LogP contribution in [0.25, 0.3) is 0 Å². The van der Waals surface area contributed by atoms with E-state index in [4.69, 9.17) is 9.47 Å². The number of benzene rings is 2. The molecule has 0 radical (unpaired) electrons. The van der Waals surface area contributed by atoms with Crippen LogP contribution in [0.1, 0.15) is 18.5 Å². The molecule has 1 atom stereocenters. The van der Waals surface area contributed by atoms with Gasteiger partial charge < -0.3 is 14.4 Å². The molecule has 0 spiro atoms. The molecule has 0 amide bonds. The number of ether oxygens (including phenoxy) is 2. The second kappa shape index (κ2) is 8.07. The number of morpholine rings is 1. The molecule has 1 fully saturated rings. The number of hydrogen-bond acceptors (Lipinski definition) is 5. The summed E-state index contributed by atoms with van der Waals surface area (Å²) in [6.45, 7) is 5.06. The third-order valence-corrected chi connectivity index (χ3v) is 6.03. The van der Waals surface area contributed by atoms with Gasteiger partial charge in [-0.25, -0.2) is 13.1 Å². The first-order valence-electron chi connectivity index (χ1n) is 8.58. The van der Waals surface area contributed by atoms with Crippen LogP contribution < -0.4 is 14.4 Å². The van der Waals surface area contributed by atoms with E-state index in [1.54, 1.807) is 19.2 Å². The average Bonchev–Trinajstić information content (AvgIpc) is 2.68. The van der Waals surface area contributed by atoms with Crippen molar-refractivity contribution in [3.63, 3.8) is 0 Å². The molecule has 140 valence electrons. The zero-order valence-electron chi connectivity index (χ0n) is 15.0. The number of sulfonamides is 1. The van der Waals surface area contributed by atoms with Gasteiger partial charge in [-0.3, -0.25) is 0 Å². The van der Waals surface area contributed by atoms with Crippen molar-refractivity contribution in [1.82, 2.24) is 4.72 Å². The molecule has 1 aliphatic rings. The van der Waals surface area contributed by atoms with E-state index in [0.717, 1.165) is 37.6 Å². The van der Waals surface area contributed by atoms with Gasteiger partial charge in [0.25, 0.3) is 0 Å². The SMILES string of the molecule is COc1ccc(S(=O)(=O)N[C@H](C)c2ccc(N3CCOCC3)cc2)cc1. The maximum absolute atomic E-state index is 12.6. The summed E-state index contributed by atoms with van der Waals surface area (Å²) in [6.07, 6.45) is 0. The van der Waals surface area contributed by atoms with Crippen molar-refractivity contribution < 1.29 is 17.9 Å². The van der Waals surface area contributed by atoms with Crippen molar-refractivity contribution in [3.8, 4) is 5.75 Å². The quantitative estimate of drug-likeness (QED) is 0.839. The van der Waals surface area contributed by atoms with Crippen LogP contribution in [-0.2, 0) is 14.8 Å². The Bertz CT molecular complexity index is 814. The van der Waals surface area contributed by atoms with Gasteiger partial charge in [-0.05, 0) is 48.9 Å². The Morgan fingerprint density at radius 3 is 2.23 bits per heavy atom. The van der Waals surface area contributed by atoms with Gasteiger partial charge in [0.1, 0.15) is 5.75 Å². The molecule has 0 saturated carbocycles. The van der Waals surface area contributed by atoms with E-state index in [1.165, 1.54) is 12.1 Å². The molecule has 2 aromatic rings. The normalized spacial score (nSPS) is 16.3. The molecule has 0 unspecified atom stereocenters. The van der Waals surface area contributed by atoms with Gasteiger partial charge in [-0.2, -0.15) is 0 Å². The highest BCUT2D eigenvalue weighted by Gasteiger charge is 2.19. The lowest BCUT2D eigenvalue weighted by Crippen LogP contribution is -2.36. The molecule has 0 aliphatic carbocycles. The van der Waals surface area contributed by atoms with Gasteiger partial charge in [0, 0.05) is 24.8 Å². The fourth-order valence-electron chi connectivity index (χ4n) is 2.92. The van der Waals surface area contributed by atoms with Gasteiger partial charge in [0.15, 0.2) is 0 Å². The molecule has 1 heterocycles. The monoisotopic (exact) mass is 376 g/mol. The fourth-order valence-corrected chi connectivity index (χ4v) is 4.15. The predicted octanol–water partition coefficient (Wildman–Crippen LogP) is 2.57. The van der Waals surface area contributed by atoms with Crippen molar-refractivity contribution in [2.45, 2.75) is 17.9 Å². The number of anilines is 1. The summed E-state index contributed by atoms with van der Waals surface area (Å²) in [6, 6.07) is 14.0. The molecule has 0 aromatic heterocycles. The number of methoxy groups -OCH3 is 1. The maximum atomic E-state index is 12.6. The number of nitrogens with one attached hydrogen (secondary N) is 1. The highest BCUT2D eigenvalue weighted by Crippen LogP contribution is 2.22. The fraction of sp³-hybridized carbons (Fsp3) is 0.368. The largest absolute Gasteiger partial charge is 0.497 e. The minimum absolute atomic E-state index is 0.218. The molecule has 1 saturated heterocycles. The van der Waals surface area contributed by atoms with E-state index >= 15 is 0 Å². The van der Waals surface area contributed by atoms with Crippen LogP contribution in [0.3, 0.4) is 0 Å². The van der Waals surface area contributed by atoms with E-state index in [0.29, 0.717) is 5.75 Å². The lowest BCUT2D eigenvalue weighted by Gasteiger charge is -2.29. The summed E-state index contributed by atoms with van der Waals surface area (Å²) < 4.78 is 38.3. The Hall–Kier alpha value is -2.09. The van der Waals surface area contributed by atoms with Crippen LogP contribution in [0.5, 0.6) is 5.75 Å². The molecule has 1 N–H and O–H groups in total. The lowest BCUT2D eigenvalue weighted by atomic mass is 10.1. The van der Waals surface area contributed by atoms with Crippen molar-refractivity contribution in [3.05, 3.63) is 54.1 Å². The Balaban J connectivity index is 1.69. The Labute approximate surface area is 154 Å². The smallest absolute Gasteiger partial charge is 0.241 e. The van der Waals surface area contributed by atoms with Crippen LogP contribution in [0.2, 0.25) is 0 Å². The van der Waals surface area contributed by atoms with Gasteiger partial charge in [-0.1, -0.05) is 12.1 Å². The summed E-state index contributed by atoms with van der Waals surface area (Å²) in [5.74, 6) is 0.621. The van der Waals surface area contributed by atoms with Crippen LogP contribution in [-0.4, -0.2) is 41.8 Å². The minimum Gasteiger partial charge on any atom is -0.497 e. The van der Waals surface area contributed by atoms with Gasteiger partial charge >= 0.3 is 0 Å². The molecule has 2 aromatic carbocycles. The standard InChI is InChI=1S/C19H24N2O4S/c1-15(20-26(22,23)19-9-7-18(24-2)8-10-19)16-3-5-17(6-4-16)21-11-13-25-14-12-21/h3-10,15,20H,11-14H2,1-2H3/t15-/m1/s1. The first-order chi connectivity index (χ1) is 12.5. The van der Waals surface area contributed by atoms with Crippen molar-refractivity contribution in [2.24, 2.45) is 0 Å². The second-order valence-corrected chi connectivity index (χ2v) is 7.92. The lowest BCUT2D eigenvalue weighted by molar-refractivity contribution is 0.122. The predicted molar refractivity (Wildman–Crippen MR) is 101 cm³/mol. The molecule has 26 heavy (non-hydrogen) atoms. The first kappa shape index (κ1) is 18.7. The number of hydrogen-bond donors (Lipinski definition) is 1. The van der Waals surface area contributed by atoms with Gasteiger partial charge in [-0.15, -0.1) is 0 Å². The molecule has 6 nitrogen and oxygen atoms in total. The molecular formula is C19H24N2O4S. The third kappa shape index (κ3) is 4.35. The van der Waals surface area contributed by atoms with E-state index < -0.39 is 10.0 Å². The van der Waals surface area contributed by atoms with Crippen LogP contribution in [0.4, 0.5) is 5.69 Å². The third-order valence-electron chi connectivity index (χ3n) is 4.47. The van der Waals surface area contributed by atoms with Gasteiger partial charge in [0.05, 0.1) is 25.2 Å². The van der Waals surface area contributed by atoms with Crippen LogP contribution in [0.15, 0.2) is 53.4 Å². The summed E-state index contributed by atoms with van der Waals surface area (Å²) in [7, 11) is -2.05. The molecular weight excluding hydrogens is 352 g/mol. The maximum Gasteiger partial charge on any atom is 0.241 e. The summed E-state index contributed by atoms with van der Waals surface area (Å²) in [5, 5.41) is 0. The summed E-state index contributed by atoms with van der Waals surface area (Å²) >= 11 is 0. The van der Waals surface area contributed by atoms with Crippen LogP contribution >= 0.6 is 0 Å². The molecule has 7 heteroatoms. The van der Waals surface area contributed by atoms with Crippen molar-refractivity contribution in [2.75, 3.05) is 38.3 Å². The molecule has 0 bridgehead atoms. The van der Waals surface area contributed by atoms with Crippen molar-refractivity contribution >= 4 is 15.7 Å². The Kier molecular flexibility index (Phi) is 5.80. The first-order valence-corrected chi connectivity index (χ1v) is 10.1. The average molecular weight is 376 g/mol. The molecule has 3 rings (SSSR count). The number of nitrogens with zero attached hydrogens (tertiary/aromatic N) is 1. The van der Waals surface area contributed by atoms with Crippen LogP contribution in [0, 0.1) is 0 Å². The highest BCUT2D eigenvalue weighted by atomic mass is 32.2.